The zero-order valence-corrected chi connectivity index (χ0v) is 23.5. The molecule has 3 aromatic carbocycles. The number of allylic oxidation sites excluding steroid dienone is 2. The van der Waals surface area contributed by atoms with Crippen LogP contribution in [0.15, 0.2) is 108 Å². The number of hydrogen-bond donors (Lipinski definition) is 0. The van der Waals surface area contributed by atoms with Gasteiger partial charge >= 0.3 is 0 Å². The van der Waals surface area contributed by atoms with Crippen LogP contribution in [0, 0.1) is 16.7 Å². The molecule has 1 fully saturated rings. The molecule has 0 unspecified atom stereocenters. The van der Waals surface area contributed by atoms with Gasteiger partial charge in [-0.3, -0.25) is 5.01 Å². The van der Waals surface area contributed by atoms with Crippen molar-refractivity contribution in [2.45, 2.75) is 59.3 Å². The van der Waals surface area contributed by atoms with E-state index in [1.54, 1.807) is 0 Å². The van der Waals surface area contributed by atoms with Gasteiger partial charge in [-0.25, -0.2) is 0 Å². The maximum absolute atomic E-state index is 9.44. The van der Waals surface area contributed by atoms with Gasteiger partial charge in [-0.05, 0) is 79.0 Å². The Balaban J connectivity index is 0.00000195. The molecule has 0 atom stereocenters. The van der Waals surface area contributed by atoms with Crippen LogP contribution in [0.25, 0.3) is 11.1 Å². The summed E-state index contributed by atoms with van der Waals surface area (Å²) in [6.07, 6.45) is 5.91. The first-order valence-corrected chi connectivity index (χ1v) is 13.7. The molecule has 1 aliphatic carbocycles. The first-order chi connectivity index (χ1) is 18.4. The van der Waals surface area contributed by atoms with Crippen molar-refractivity contribution in [3.05, 3.63) is 114 Å². The molecule has 0 bridgehead atoms. The normalized spacial score (nSPS) is 13.8. The fourth-order valence-corrected chi connectivity index (χ4v) is 4.96. The number of rotatable bonds is 10. The van der Waals surface area contributed by atoms with E-state index < -0.39 is 0 Å². The van der Waals surface area contributed by atoms with E-state index >= 15 is 0 Å². The molecule has 1 saturated carbocycles. The number of benzene rings is 3. The van der Waals surface area contributed by atoms with Gasteiger partial charge in [-0.1, -0.05) is 100 Å². The van der Waals surface area contributed by atoms with Gasteiger partial charge in [0.25, 0.3) is 0 Å². The Morgan fingerprint density at radius 1 is 0.921 bits per heavy atom. The summed E-state index contributed by atoms with van der Waals surface area (Å²) in [5, 5.41) is 16.2. The highest BCUT2D eigenvalue weighted by atomic mass is 15.4. The van der Waals surface area contributed by atoms with Crippen LogP contribution in [-0.2, 0) is 12.8 Å². The van der Waals surface area contributed by atoms with Crippen LogP contribution >= 0.6 is 0 Å². The highest BCUT2D eigenvalue weighted by Crippen LogP contribution is 2.48. The van der Waals surface area contributed by atoms with E-state index in [2.05, 4.69) is 79.9 Å². The summed E-state index contributed by atoms with van der Waals surface area (Å²) >= 11 is 0. The number of hydrazone groups is 1. The van der Waals surface area contributed by atoms with Crippen LogP contribution in [0.1, 0.15) is 57.6 Å². The maximum Gasteiger partial charge on any atom is 0.0946 e. The molecule has 4 rings (SSSR count). The Morgan fingerprint density at radius 3 is 2.08 bits per heavy atom. The topological polar surface area (TPSA) is 39.4 Å². The maximum atomic E-state index is 9.44. The largest absolute Gasteiger partial charge is 0.268 e. The SMILES string of the molecule is C=C(C)/C(CCc1cccc(-c2cccc(CC3(C(=C)C#N)CCC3)c2)c1)=N\N(C)c1ccccc1.CC. The molecule has 3 aromatic rings. The Bertz CT molecular complexity index is 1310. The molecule has 196 valence electrons. The van der Waals surface area contributed by atoms with Gasteiger partial charge in [0.05, 0.1) is 17.5 Å². The first-order valence-electron chi connectivity index (χ1n) is 13.7. The molecule has 3 heteroatoms. The third kappa shape index (κ3) is 7.11. The minimum absolute atomic E-state index is 0.0413. The van der Waals surface area contributed by atoms with Crippen molar-refractivity contribution in [3.63, 3.8) is 0 Å². The third-order valence-corrected chi connectivity index (χ3v) is 7.36. The van der Waals surface area contributed by atoms with Crippen molar-refractivity contribution in [2.75, 3.05) is 12.1 Å². The lowest BCUT2D eigenvalue weighted by Gasteiger charge is -2.41. The van der Waals surface area contributed by atoms with Crippen LogP contribution in [0.4, 0.5) is 5.69 Å². The van der Waals surface area contributed by atoms with Crippen LogP contribution < -0.4 is 5.01 Å². The van der Waals surface area contributed by atoms with Gasteiger partial charge in [-0.15, -0.1) is 0 Å². The minimum Gasteiger partial charge on any atom is -0.268 e. The van der Waals surface area contributed by atoms with Crippen molar-refractivity contribution in [1.82, 2.24) is 0 Å². The standard InChI is InChI=1S/C33H35N3.C2H6/c1-25(2)32(35-36(4)31-15-6-5-7-16-31)18-17-27-11-8-13-29(21-27)30-14-9-12-28(22-30)23-33(19-10-20-33)26(3)24-34;1-2/h5-9,11-16,21-22H,1,3,10,17-20,23H2,2,4H3;1-2H3/b35-32-;. The zero-order chi connectivity index (χ0) is 27.5. The van der Waals surface area contributed by atoms with Crippen molar-refractivity contribution in [2.24, 2.45) is 10.5 Å². The molecule has 0 aliphatic heterocycles. The second-order valence-corrected chi connectivity index (χ2v) is 9.99. The molecule has 0 radical (unpaired) electrons. The second-order valence-electron chi connectivity index (χ2n) is 9.99. The molecule has 0 saturated heterocycles. The van der Waals surface area contributed by atoms with Crippen molar-refractivity contribution in [1.29, 1.82) is 5.26 Å². The van der Waals surface area contributed by atoms with Crippen molar-refractivity contribution in [3.8, 4) is 17.2 Å². The van der Waals surface area contributed by atoms with Gasteiger partial charge in [0.1, 0.15) is 0 Å². The van der Waals surface area contributed by atoms with Crippen LogP contribution in [0.3, 0.4) is 0 Å². The average Bonchev–Trinajstić information content (AvgIpc) is 2.94. The van der Waals surface area contributed by atoms with E-state index in [-0.39, 0.29) is 5.41 Å². The predicted octanol–water partition coefficient (Wildman–Crippen LogP) is 9.17. The predicted molar refractivity (Wildman–Crippen MR) is 163 cm³/mol. The van der Waals surface area contributed by atoms with Crippen LogP contribution in [0.2, 0.25) is 0 Å². The summed E-state index contributed by atoms with van der Waals surface area (Å²) in [4.78, 5) is 0. The summed E-state index contributed by atoms with van der Waals surface area (Å²) in [7, 11) is 1.98. The van der Waals surface area contributed by atoms with Gasteiger partial charge < -0.3 is 0 Å². The van der Waals surface area contributed by atoms with E-state index in [1.807, 2.05) is 51.0 Å². The molecular formula is C35H41N3. The fraction of sp³-hybridized carbons (Fsp3) is 0.314. The Hall–Kier alpha value is -3.90. The van der Waals surface area contributed by atoms with E-state index in [0.717, 1.165) is 54.6 Å². The Kier molecular flexibility index (Phi) is 10.3. The molecule has 0 aromatic heterocycles. The number of aryl methyl sites for hydroxylation is 1. The Morgan fingerprint density at radius 2 is 1.53 bits per heavy atom. The molecule has 0 spiro atoms. The summed E-state index contributed by atoms with van der Waals surface area (Å²) in [6, 6.07) is 30.0. The molecule has 3 nitrogen and oxygen atoms in total. The third-order valence-electron chi connectivity index (χ3n) is 7.36. The molecule has 0 amide bonds. The molecule has 0 N–H and O–H groups in total. The zero-order valence-electron chi connectivity index (χ0n) is 23.5. The van der Waals surface area contributed by atoms with Gasteiger partial charge in [0.2, 0.25) is 0 Å². The average molecular weight is 504 g/mol. The summed E-state index contributed by atoms with van der Waals surface area (Å²) in [5.74, 6) is 0. The minimum atomic E-state index is -0.0413. The lowest BCUT2D eigenvalue weighted by molar-refractivity contribution is 0.192. The van der Waals surface area contributed by atoms with Crippen LogP contribution in [-0.4, -0.2) is 12.8 Å². The molecule has 38 heavy (non-hydrogen) atoms. The smallest absolute Gasteiger partial charge is 0.0946 e. The van der Waals surface area contributed by atoms with E-state index in [0.29, 0.717) is 0 Å². The lowest BCUT2D eigenvalue weighted by atomic mass is 9.61. The Labute approximate surface area is 229 Å². The number of para-hydroxylation sites is 1. The number of anilines is 1. The van der Waals surface area contributed by atoms with E-state index in [4.69, 9.17) is 5.10 Å². The number of nitrogens with zero attached hydrogens (tertiary/aromatic N) is 3. The van der Waals surface area contributed by atoms with Crippen molar-refractivity contribution < 1.29 is 0 Å². The summed E-state index contributed by atoms with van der Waals surface area (Å²) in [5.41, 5.74) is 8.73. The monoisotopic (exact) mass is 503 g/mol. The van der Waals surface area contributed by atoms with E-state index in [9.17, 15) is 5.26 Å². The highest BCUT2D eigenvalue weighted by Gasteiger charge is 2.39. The van der Waals surface area contributed by atoms with Gasteiger partial charge in [-0.2, -0.15) is 10.4 Å². The second kappa shape index (κ2) is 13.6. The lowest BCUT2D eigenvalue weighted by Crippen LogP contribution is -2.33. The van der Waals surface area contributed by atoms with Crippen LogP contribution in [0.5, 0.6) is 0 Å². The van der Waals surface area contributed by atoms with Gasteiger partial charge in [0.15, 0.2) is 0 Å². The first kappa shape index (κ1) is 28.7. The van der Waals surface area contributed by atoms with Gasteiger partial charge in [0, 0.05) is 18.0 Å². The van der Waals surface area contributed by atoms with E-state index in [1.165, 1.54) is 28.7 Å². The quantitative estimate of drug-likeness (QED) is 0.157. The molecular weight excluding hydrogens is 462 g/mol. The van der Waals surface area contributed by atoms with Crippen molar-refractivity contribution >= 4 is 11.4 Å². The molecule has 1 aliphatic rings. The fourth-order valence-electron chi connectivity index (χ4n) is 4.96. The number of hydrogen-bond acceptors (Lipinski definition) is 3. The molecule has 0 heterocycles. The summed E-state index contributed by atoms with van der Waals surface area (Å²) < 4.78 is 0. The summed E-state index contributed by atoms with van der Waals surface area (Å²) in [6.45, 7) is 14.2. The highest BCUT2D eigenvalue weighted by molar-refractivity contribution is 5.99. The number of nitriles is 1.